The van der Waals surface area contributed by atoms with Crippen LogP contribution in [0.2, 0.25) is 0 Å². The fraction of sp³-hybridized carbons (Fsp3) is 0.385. The Balaban J connectivity index is 2.34. The van der Waals surface area contributed by atoms with Crippen LogP contribution in [0.25, 0.3) is 0 Å². The normalized spacial score (nSPS) is 12.4. The standard InChI is InChI=1S/C13H19NS/c1-4-9-14-10-12(3)15-13-7-5-11(2)6-8-13/h4-8,12,14H,1,9-10H2,2-3H3. The molecule has 0 heterocycles. The molecule has 0 aliphatic heterocycles. The van der Waals surface area contributed by atoms with Crippen LogP contribution in [0.4, 0.5) is 0 Å². The van der Waals surface area contributed by atoms with Crippen LogP contribution in [0.3, 0.4) is 0 Å². The highest BCUT2D eigenvalue weighted by Crippen LogP contribution is 2.22. The third-order valence-electron chi connectivity index (χ3n) is 2.08. The fourth-order valence-electron chi connectivity index (χ4n) is 1.28. The average Bonchev–Trinajstić information content (AvgIpc) is 2.22. The Bertz CT molecular complexity index is 292. The lowest BCUT2D eigenvalue weighted by atomic mass is 10.2. The quantitative estimate of drug-likeness (QED) is 0.449. The molecule has 1 atom stereocenters. The molecular formula is C13H19NS. The van der Waals surface area contributed by atoms with Gasteiger partial charge in [-0.15, -0.1) is 18.3 Å². The zero-order chi connectivity index (χ0) is 11.1. The minimum absolute atomic E-state index is 0.590. The lowest BCUT2D eigenvalue weighted by molar-refractivity contribution is 0.740. The molecule has 0 aliphatic carbocycles. The zero-order valence-corrected chi connectivity index (χ0v) is 10.3. The number of rotatable bonds is 6. The van der Waals surface area contributed by atoms with Crippen molar-refractivity contribution in [2.45, 2.75) is 24.0 Å². The van der Waals surface area contributed by atoms with Crippen molar-refractivity contribution in [3.8, 4) is 0 Å². The Kier molecular flexibility index (Phi) is 5.51. The highest BCUT2D eigenvalue weighted by molar-refractivity contribution is 8.00. The van der Waals surface area contributed by atoms with Crippen molar-refractivity contribution in [1.29, 1.82) is 0 Å². The van der Waals surface area contributed by atoms with Crippen LogP contribution in [0, 0.1) is 6.92 Å². The first-order chi connectivity index (χ1) is 7.22. The summed E-state index contributed by atoms with van der Waals surface area (Å²) in [5.41, 5.74) is 1.32. The molecule has 1 aromatic rings. The zero-order valence-electron chi connectivity index (χ0n) is 9.49. The number of hydrogen-bond acceptors (Lipinski definition) is 2. The second-order valence-electron chi connectivity index (χ2n) is 3.69. The fourth-order valence-corrected chi connectivity index (χ4v) is 2.24. The first-order valence-electron chi connectivity index (χ1n) is 5.27. The van der Waals surface area contributed by atoms with Gasteiger partial charge in [0.05, 0.1) is 0 Å². The topological polar surface area (TPSA) is 12.0 Å². The molecule has 15 heavy (non-hydrogen) atoms. The van der Waals surface area contributed by atoms with Gasteiger partial charge in [0.25, 0.3) is 0 Å². The van der Waals surface area contributed by atoms with Crippen molar-refractivity contribution in [1.82, 2.24) is 5.32 Å². The summed E-state index contributed by atoms with van der Waals surface area (Å²) in [5, 5.41) is 3.92. The molecule has 1 nitrogen and oxygen atoms in total. The van der Waals surface area contributed by atoms with Crippen LogP contribution in [0.15, 0.2) is 41.8 Å². The SMILES string of the molecule is C=CCNCC(C)Sc1ccc(C)cc1. The summed E-state index contributed by atoms with van der Waals surface area (Å²) >= 11 is 1.91. The lowest BCUT2D eigenvalue weighted by Crippen LogP contribution is -2.22. The molecule has 0 aliphatic rings. The Morgan fingerprint density at radius 1 is 1.40 bits per heavy atom. The van der Waals surface area contributed by atoms with Gasteiger partial charge in [-0.25, -0.2) is 0 Å². The van der Waals surface area contributed by atoms with Gasteiger partial charge in [-0.1, -0.05) is 30.7 Å². The second kappa shape index (κ2) is 6.70. The van der Waals surface area contributed by atoms with Gasteiger partial charge >= 0.3 is 0 Å². The van der Waals surface area contributed by atoms with Crippen LogP contribution >= 0.6 is 11.8 Å². The van der Waals surface area contributed by atoms with Gasteiger partial charge in [-0.2, -0.15) is 0 Å². The van der Waals surface area contributed by atoms with E-state index in [9.17, 15) is 0 Å². The van der Waals surface area contributed by atoms with E-state index in [1.165, 1.54) is 10.5 Å². The van der Waals surface area contributed by atoms with Crippen LogP contribution in [0.5, 0.6) is 0 Å². The third kappa shape index (κ3) is 5.05. The largest absolute Gasteiger partial charge is 0.312 e. The third-order valence-corrected chi connectivity index (χ3v) is 3.19. The minimum Gasteiger partial charge on any atom is -0.312 e. The van der Waals surface area contributed by atoms with E-state index in [1.54, 1.807) is 0 Å². The molecule has 1 unspecified atom stereocenters. The monoisotopic (exact) mass is 221 g/mol. The van der Waals surface area contributed by atoms with E-state index in [2.05, 4.69) is 50.0 Å². The summed E-state index contributed by atoms with van der Waals surface area (Å²) in [5.74, 6) is 0. The van der Waals surface area contributed by atoms with E-state index in [0.717, 1.165) is 13.1 Å². The summed E-state index contributed by atoms with van der Waals surface area (Å²) < 4.78 is 0. The van der Waals surface area contributed by atoms with Gasteiger partial charge in [-0.05, 0) is 19.1 Å². The Morgan fingerprint density at radius 2 is 2.07 bits per heavy atom. The molecule has 1 aromatic carbocycles. The van der Waals surface area contributed by atoms with Crippen LogP contribution in [-0.2, 0) is 0 Å². The maximum absolute atomic E-state index is 3.68. The minimum atomic E-state index is 0.590. The molecule has 0 spiro atoms. The van der Waals surface area contributed by atoms with Gasteiger partial charge in [0.2, 0.25) is 0 Å². The van der Waals surface area contributed by atoms with Gasteiger partial charge in [0.1, 0.15) is 0 Å². The Hall–Kier alpha value is -0.730. The van der Waals surface area contributed by atoms with Crippen molar-refractivity contribution in [3.63, 3.8) is 0 Å². The summed E-state index contributed by atoms with van der Waals surface area (Å²) in [7, 11) is 0. The van der Waals surface area contributed by atoms with E-state index in [4.69, 9.17) is 0 Å². The molecule has 0 radical (unpaired) electrons. The molecule has 0 saturated carbocycles. The number of nitrogens with one attached hydrogen (secondary N) is 1. The highest BCUT2D eigenvalue weighted by Gasteiger charge is 2.02. The van der Waals surface area contributed by atoms with Crippen molar-refractivity contribution in [2.75, 3.05) is 13.1 Å². The molecule has 0 aromatic heterocycles. The van der Waals surface area contributed by atoms with Crippen molar-refractivity contribution < 1.29 is 0 Å². The molecule has 1 rings (SSSR count). The first kappa shape index (κ1) is 12.3. The Morgan fingerprint density at radius 3 is 2.67 bits per heavy atom. The molecule has 1 N–H and O–H groups in total. The van der Waals surface area contributed by atoms with E-state index in [1.807, 2.05) is 17.8 Å². The molecule has 82 valence electrons. The lowest BCUT2D eigenvalue weighted by Gasteiger charge is -2.11. The summed E-state index contributed by atoms with van der Waals surface area (Å²) in [4.78, 5) is 1.34. The van der Waals surface area contributed by atoms with Gasteiger partial charge in [0, 0.05) is 23.2 Å². The van der Waals surface area contributed by atoms with Crippen molar-refractivity contribution >= 4 is 11.8 Å². The predicted molar refractivity (Wildman–Crippen MR) is 69.6 cm³/mol. The highest BCUT2D eigenvalue weighted by atomic mass is 32.2. The molecule has 0 bridgehead atoms. The van der Waals surface area contributed by atoms with Gasteiger partial charge in [0.15, 0.2) is 0 Å². The molecule has 0 saturated heterocycles. The Labute approximate surface area is 97.0 Å². The van der Waals surface area contributed by atoms with Gasteiger partial charge in [-0.3, -0.25) is 0 Å². The number of hydrogen-bond donors (Lipinski definition) is 1. The van der Waals surface area contributed by atoms with Crippen molar-refractivity contribution in [3.05, 3.63) is 42.5 Å². The second-order valence-corrected chi connectivity index (χ2v) is 5.20. The molecule has 0 amide bonds. The summed E-state index contributed by atoms with van der Waals surface area (Å²) in [6, 6.07) is 8.69. The number of aryl methyl sites for hydroxylation is 1. The smallest absolute Gasteiger partial charge is 0.0191 e. The number of benzene rings is 1. The average molecular weight is 221 g/mol. The van der Waals surface area contributed by atoms with Gasteiger partial charge < -0.3 is 5.32 Å². The van der Waals surface area contributed by atoms with Crippen LogP contribution in [-0.4, -0.2) is 18.3 Å². The summed E-state index contributed by atoms with van der Waals surface area (Å²) in [6.07, 6.45) is 1.89. The molecular weight excluding hydrogens is 202 g/mol. The van der Waals surface area contributed by atoms with Crippen molar-refractivity contribution in [2.24, 2.45) is 0 Å². The molecule has 0 fully saturated rings. The van der Waals surface area contributed by atoms with E-state index in [-0.39, 0.29) is 0 Å². The maximum atomic E-state index is 3.68. The number of thioether (sulfide) groups is 1. The van der Waals surface area contributed by atoms with Crippen LogP contribution in [0.1, 0.15) is 12.5 Å². The van der Waals surface area contributed by atoms with E-state index >= 15 is 0 Å². The summed E-state index contributed by atoms with van der Waals surface area (Å²) in [6.45, 7) is 9.94. The van der Waals surface area contributed by atoms with E-state index in [0.29, 0.717) is 5.25 Å². The predicted octanol–water partition coefficient (Wildman–Crippen LogP) is 3.25. The van der Waals surface area contributed by atoms with E-state index < -0.39 is 0 Å². The molecule has 2 heteroatoms. The first-order valence-corrected chi connectivity index (χ1v) is 6.15. The maximum Gasteiger partial charge on any atom is 0.0191 e. The van der Waals surface area contributed by atoms with Crippen LogP contribution < -0.4 is 5.32 Å².